The van der Waals surface area contributed by atoms with Gasteiger partial charge in [-0.3, -0.25) is 4.79 Å². The molecule has 45 heavy (non-hydrogen) atoms. The molecule has 1 atom stereocenters. The Kier molecular flexibility index (Phi) is 10.6. The number of aromatic nitrogens is 3. The summed E-state index contributed by atoms with van der Waals surface area (Å²) in [5.41, 5.74) is 3.28. The van der Waals surface area contributed by atoms with Crippen molar-refractivity contribution >= 4 is 23.2 Å². The van der Waals surface area contributed by atoms with Gasteiger partial charge in [0, 0.05) is 56.5 Å². The second kappa shape index (κ2) is 14.5. The molecule has 1 aromatic carbocycles. The molecule has 4 aromatic rings. The summed E-state index contributed by atoms with van der Waals surface area (Å²) in [6, 6.07) is 16.9. The minimum atomic E-state index is -5.08. The van der Waals surface area contributed by atoms with E-state index in [0.29, 0.717) is 61.6 Å². The molecule has 5 rings (SSSR count). The second-order valence-corrected chi connectivity index (χ2v) is 9.81. The van der Waals surface area contributed by atoms with E-state index in [2.05, 4.69) is 21.1 Å². The number of hydrogen-bond acceptors (Lipinski definition) is 9. The number of ether oxygens (including phenoxy) is 1. The number of carbonyl (C=O) groups is 2. The molecule has 0 spiro atoms. The quantitative estimate of drug-likeness (QED) is 0.248. The van der Waals surface area contributed by atoms with Crippen LogP contribution in [0.15, 0.2) is 67.1 Å². The van der Waals surface area contributed by atoms with E-state index in [9.17, 15) is 28.3 Å². The monoisotopic (exact) mass is 626 g/mol. The zero-order valence-electron chi connectivity index (χ0n) is 23.8. The van der Waals surface area contributed by atoms with Gasteiger partial charge in [-0.1, -0.05) is 30.3 Å². The molecule has 236 valence electrons. The first kappa shape index (κ1) is 32.7. The SMILES string of the molecule is N#Cc1cnn2cc(OCCCO)cc(-c3ccc(N4CCN(C(=O)[C@@H](O)c5ccccc5)CC4)nc3)c12.O=C(O)C(F)(F)F. The molecule has 12 nitrogen and oxygen atoms in total. The van der Waals surface area contributed by atoms with Crippen LogP contribution in [0, 0.1) is 11.3 Å². The average molecular weight is 627 g/mol. The maximum absolute atomic E-state index is 12.8. The van der Waals surface area contributed by atoms with Crippen molar-refractivity contribution in [2.24, 2.45) is 0 Å². The van der Waals surface area contributed by atoms with Gasteiger partial charge in [-0.2, -0.15) is 23.5 Å². The van der Waals surface area contributed by atoms with Gasteiger partial charge in [0.1, 0.15) is 17.6 Å². The molecular formula is C30H29F3N6O6. The van der Waals surface area contributed by atoms with Crippen LogP contribution in [-0.2, 0) is 9.59 Å². The number of hydrogen-bond donors (Lipinski definition) is 3. The van der Waals surface area contributed by atoms with Gasteiger partial charge in [0.05, 0.1) is 30.1 Å². The number of alkyl halides is 3. The van der Waals surface area contributed by atoms with Gasteiger partial charge in [0.15, 0.2) is 6.10 Å². The predicted molar refractivity (Wildman–Crippen MR) is 154 cm³/mol. The third kappa shape index (κ3) is 8.05. The number of piperazine rings is 1. The Morgan fingerprint density at radius 1 is 1.07 bits per heavy atom. The number of halogens is 3. The van der Waals surface area contributed by atoms with E-state index in [1.165, 1.54) is 6.20 Å². The summed E-state index contributed by atoms with van der Waals surface area (Å²) >= 11 is 0. The minimum absolute atomic E-state index is 0.0386. The first-order chi connectivity index (χ1) is 21.5. The second-order valence-electron chi connectivity index (χ2n) is 9.81. The number of nitrogens with zero attached hydrogens (tertiary/aromatic N) is 6. The van der Waals surface area contributed by atoms with Crippen molar-refractivity contribution in [2.75, 3.05) is 44.3 Å². The lowest BCUT2D eigenvalue weighted by atomic mass is 10.1. The number of anilines is 1. The van der Waals surface area contributed by atoms with E-state index in [4.69, 9.17) is 19.7 Å². The van der Waals surface area contributed by atoms with E-state index < -0.39 is 18.2 Å². The number of aliphatic carboxylic acids is 1. The highest BCUT2D eigenvalue weighted by Gasteiger charge is 2.38. The molecule has 3 N–H and O–H groups in total. The molecule has 1 saturated heterocycles. The van der Waals surface area contributed by atoms with Crippen molar-refractivity contribution in [3.8, 4) is 22.9 Å². The van der Waals surface area contributed by atoms with E-state index in [1.54, 1.807) is 46.1 Å². The van der Waals surface area contributed by atoms with Gasteiger partial charge >= 0.3 is 12.1 Å². The van der Waals surface area contributed by atoms with E-state index in [0.717, 1.165) is 16.9 Å². The number of benzene rings is 1. The fourth-order valence-electron chi connectivity index (χ4n) is 4.57. The third-order valence-corrected chi connectivity index (χ3v) is 6.84. The molecule has 1 aliphatic rings. The average Bonchev–Trinajstić information content (AvgIpc) is 3.47. The Labute approximate surface area is 255 Å². The summed E-state index contributed by atoms with van der Waals surface area (Å²) in [4.78, 5) is 30.1. The number of carboxylic acid groups (broad SMARTS) is 1. The molecular weight excluding hydrogens is 597 g/mol. The van der Waals surface area contributed by atoms with Gasteiger partial charge in [-0.25, -0.2) is 14.3 Å². The topological polar surface area (TPSA) is 165 Å². The number of carboxylic acids is 1. The summed E-state index contributed by atoms with van der Waals surface area (Å²) in [6.07, 6.45) is -0.743. The summed E-state index contributed by atoms with van der Waals surface area (Å²) in [5.74, 6) is -1.69. The van der Waals surface area contributed by atoms with Crippen LogP contribution in [0.3, 0.4) is 0 Å². The first-order valence-corrected chi connectivity index (χ1v) is 13.7. The predicted octanol–water partition coefficient (Wildman–Crippen LogP) is 3.04. The van der Waals surface area contributed by atoms with Gasteiger partial charge < -0.3 is 29.9 Å². The molecule has 1 amide bonds. The lowest BCUT2D eigenvalue weighted by Crippen LogP contribution is -2.50. The standard InChI is InChI=1S/C28H28N6O4.C2HF3O2/c29-16-22-18-31-34-19-23(38-14-4-13-35)15-24(26(22)34)21-7-8-25(30-17-21)32-9-11-33(12-10-32)28(37)27(36)20-5-2-1-3-6-20;3-2(4,5)1(6)7/h1-3,5-8,15,17-19,27,35-36H,4,9-14H2;(H,6,7)/t27-;/m0./s1. The molecule has 0 saturated carbocycles. The van der Waals surface area contributed by atoms with Crippen LogP contribution in [0.5, 0.6) is 5.75 Å². The van der Waals surface area contributed by atoms with Crippen molar-refractivity contribution < 1.29 is 42.8 Å². The zero-order chi connectivity index (χ0) is 32.6. The van der Waals surface area contributed by atoms with Crippen LogP contribution in [0.2, 0.25) is 0 Å². The summed E-state index contributed by atoms with van der Waals surface area (Å²) in [5, 5.41) is 40.5. The highest BCUT2D eigenvalue weighted by Crippen LogP contribution is 2.31. The van der Waals surface area contributed by atoms with Crippen molar-refractivity contribution in [3.05, 3.63) is 78.2 Å². The largest absolute Gasteiger partial charge is 0.492 e. The highest BCUT2D eigenvalue weighted by molar-refractivity contribution is 5.85. The lowest BCUT2D eigenvalue weighted by molar-refractivity contribution is -0.192. The Morgan fingerprint density at radius 2 is 1.76 bits per heavy atom. The summed E-state index contributed by atoms with van der Waals surface area (Å²) in [6.45, 7) is 2.57. The van der Waals surface area contributed by atoms with E-state index in [1.807, 2.05) is 24.3 Å². The number of aliphatic hydroxyl groups excluding tert-OH is 2. The fourth-order valence-corrected chi connectivity index (χ4v) is 4.57. The summed E-state index contributed by atoms with van der Waals surface area (Å²) in [7, 11) is 0. The Morgan fingerprint density at radius 3 is 2.33 bits per heavy atom. The van der Waals surface area contributed by atoms with Crippen LogP contribution in [-0.4, -0.2) is 92.3 Å². The van der Waals surface area contributed by atoms with E-state index >= 15 is 0 Å². The Balaban J connectivity index is 0.000000591. The number of nitriles is 1. The first-order valence-electron chi connectivity index (χ1n) is 13.7. The lowest BCUT2D eigenvalue weighted by Gasteiger charge is -2.36. The van der Waals surface area contributed by atoms with Crippen molar-refractivity contribution in [1.29, 1.82) is 5.26 Å². The van der Waals surface area contributed by atoms with Gasteiger partial charge in [-0.05, 0) is 23.8 Å². The van der Waals surface area contributed by atoms with Gasteiger partial charge in [0.25, 0.3) is 5.91 Å². The van der Waals surface area contributed by atoms with Crippen LogP contribution in [0.25, 0.3) is 16.6 Å². The maximum atomic E-state index is 12.8. The number of carbonyl (C=O) groups excluding carboxylic acids is 1. The molecule has 1 fully saturated rings. The highest BCUT2D eigenvalue weighted by atomic mass is 19.4. The summed E-state index contributed by atoms with van der Waals surface area (Å²) < 4.78 is 39.1. The zero-order valence-corrected chi connectivity index (χ0v) is 23.8. The van der Waals surface area contributed by atoms with Crippen molar-refractivity contribution in [2.45, 2.75) is 18.7 Å². The smallest absolute Gasteiger partial charge is 0.490 e. The number of fused-ring (bicyclic) bond motifs is 1. The molecule has 0 unspecified atom stereocenters. The Bertz CT molecular complexity index is 1650. The van der Waals surface area contributed by atoms with Crippen molar-refractivity contribution in [1.82, 2.24) is 19.5 Å². The van der Waals surface area contributed by atoms with Crippen LogP contribution < -0.4 is 9.64 Å². The van der Waals surface area contributed by atoms with Crippen LogP contribution >= 0.6 is 0 Å². The van der Waals surface area contributed by atoms with Crippen molar-refractivity contribution in [3.63, 3.8) is 0 Å². The molecule has 0 radical (unpaired) electrons. The normalized spacial score (nSPS) is 13.9. The molecule has 0 aliphatic carbocycles. The molecule has 15 heteroatoms. The van der Waals surface area contributed by atoms with E-state index in [-0.39, 0.29) is 12.5 Å². The Hall–Kier alpha value is -5.20. The number of aliphatic hydroxyl groups is 2. The molecule has 4 heterocycles. The third-order valence-electron chi connectivity index (χ3n) is 6.84. The van der Waals surface area contributed by atoms with Gasteiger partial charge in [0.2, 0.25) is 0 Å². The van der Waals surface area contributed by atoms with Crippen LogP contribution in [0.1, 0.15) is 23.7 Å². The number of amides is 1. The minimum Gasteiger partial charge on any atom is -0.492 e. The van der Waals surface area contributed by atoms with Gasteiger partial charge in [-0.15, -0.1) is 0 Å². The number of pyridine rings is 2. The molecule has 1 aliphatic heterocycles. The molecule has 0 bridgehead atoms. The van der Waals surface area contributed by atoms with Crippen LogP contribution in [0.4, 0.5) is 19.0 Å². The maximum Gasteiger partial charge on any atom is 0.490 e. The molecule has 3 aromatic heterocycles. The fraction of sp³-hybridized carbons (Fsp3) is 0.300. The number of rotatable bonds is 8.